The van der Waals surface area contributed by atoms with Gasteiger partial charge >= 0.3 is 17.9 Å². The summed E-state index contributed by atoms with van der Waals surface area (Å²) in [5, 5.41) is 0. The quantitative estimate of drug-likeness (QED) is 0.0201. The van der Waals surface area contributed by atoms with Crippen molar-refractivity contribution in [1.82, 2.24) is 0 Å². The fourth-order valence-corrected chi connectivity index (χ4v) is 6.31. The topological polar surface area (TPSA) is 78.9 Å². The van der Waals surface area contributed by atoms with Gasteiger partial charge in [0.15, 0.2) is 6.10 Å². The largest absolute Gasteiger partial charge is 0.462 e. The van der Waals surface area contributed by atoms with Crippen molar-refractivity contribution in [2.24, 2.45) is 0 Å². The monoisotopic (exact) mass is 809 g/mol. The summed E-state index contributed by atoms with van der Waals surface area (Å²) in [6, 6.07) is 0. The minimum absolute atomic E-state index is 0.0936. The number of hydrogen-bond acceptors (Lipinski definition) is 6. The van der Waals surface area contributed by atoms with Crippen molar-refractivity contribution in [3.63, 3.8) is 0 Å². The van der Waals surface area contributed by atoms with Gasteiger partial charge in [-0.25, -0.2) is 0 Å². The molecule has 1 atom stereocenters. The maximum absolute atomic E-state index is 12.7. The zero-order valence-corrected chi connectivity index (χ0v) is 37.8. The van der Waals surface area contributed by atoms with E-state index in [0.717, 1.165) is 103 Å². The summed E-state index contributed by atoms with van der Waals surface area (Å²) < 4.78 is 16.7. The molecule has 0 aromatic rings. The van der Waals surface area contributed by atoms with Crippen LogP contribution in [0.3, 0.4) is 0 Å². The van der Waals surface area contributed by atoms with Gasteiger partial charge < -0.3 is 14.2 Å². The maximum Gasteiger partial charge on any atom is 0.306 e. The molecule has 0 heterocycles. The Morgan fingerprint density at radius 1 is 0.379 bits per heavy atom. The number of rotatable bonds is 42. The number of carbonyl (C=O) groups excluding carboxylic acids is 3. The van der Waals surface area contributed by atoms with Gasteiger partial charge in [-0.3, -0.25) is 14.4 Å². The summed E-state index contributed by atoms with van der Waals surface area (Å²) in [5.74, 6) is -0.941. The lowest BCUT2D eigenvalue weighted by molar-refractivity contribution is -0.167. The Kier molecular flexibility index (Phi) is 44.0. The van der Waals surface area contributed by atoms with Crippen LogP contribution in [0, 0.1) is 0 Å². The first-order valence-electron chi connectivity index (χ1n) is 24.0. The number of hydrogen-bond donors (Lipinski definition) is 0. The Balaban J connectivity index is 4.45. The van der Waals surface area contributed by atoms with Crippen molar-refractivity contribution < 1.29 is 28.6 Å². The van der Waals surface area contributed by atoms with Gasteiger partial charge in [-0.1, -0.05) is 177 Å². The molecular weight excluding hydrogens is 721 g/mol. The molecule has 0 bridgehead atoms. The van der Waals surface area contributed by atoms with Crippen LogP contribution in [0.4, 0.5) is 0 Å². The Morgan fingerprint density at radius 2 is 0.741 bits per heavy atom. The third kappa shape index (κ3) is 44.0. The van der Waals surface area contributed by atoms with E-state index in [4.69, 9.17) is 14.2 Å². The molecule has 6 nitrogen and oxygen atoms in total. The molecule has 0 amide bonds. The summed E-state index contributed by atoms with van der Waals surface area (Å²) in [5.41, 5.74) is 0. The average Bonchev–Trinajstić information content (AvgIpc) is 3.22. The standard InChI is InChI=1S/C52H88O6/c1-4-7-10-13-16-19-22-24-26-28-30-33-36-39-42-45-51(54)57-48-49(47-56-50(53)44-41-38-35-32-29-21-18-15-12-9-6-3)58-52(55)46-43-40-37-34-31-27-25-23-20-17-14-11-8-5-2/h8,11,15-20,22,24-25,27,49H,4-7,9-10,12-14,21,23,26,28-48H2,1-3H3/b11-8-,18-15-,19-16-,20-17-,24-22-,27-25-. The Labute approximate surface area is 357 Å². The van der Waals surface area contributed by atoms with E-state index in [1.165, 1.54) is 77.0 Å². The van der Waals surface area contributed by atoms with Crippen LogP contribution in [0.5, 0.6) is 0 Å². The lowest BCUT2D eigenvalue weighted by Crippen LogP contribution is -2.30. The number of ether oxygens (including phenoxy) is 3. The van der Waals surface area contributed by atoms with E-state index in [1.807, 2.05) is 0 Å². The molecule has 1 unspecified atom stereocenters. The van der Waals surface area contributed by atoms with Gasteiger partial charge in [0.25, 0.3) is 0 Å². The van der Waals surface area contributed by atoms with Crippen molar-refractivity contribution >= 4 is 17.9 Å². The average molecular weight is 809 g/mol. The van der Waals surface area contributed by atoms with Gasteiger partial charge in [-0.2, -0.15) is 0 Å². The van der Waals surface area contributed by atoms with Crippen LogP contribution in [0.1, 0.15) is 220 Å². The van der Waals surface area contributed by atoms with Crippen LogP contribution in [0.15, 0.2) is 72.9 Å². The minimum atomic E-state index is -0.793. The predicted octanol–water partition coefficient (Wildman–Crippen LogP) is 15.5. The fraction of sp³-hybridized carbons (Fsp3) is 0.712. The molecule has 58 heavy (non-hydrogen) atoms. The molecule has 0 rings (SSSR count). The highest BCUT2D eigenvalue weighted by atomic mass is 16.6. The molecule has 6 heteroatoms. The number of esters is 3. The van der Waals surface area contributed by atoms with Crippen LogP contribution < -0.4 is 0 Å². The van der Waals surface area contributed by atoms with Crippen molar-refractivity contribution in [1.29, 1.82) is 0 Å². The number of unbranched alkanes of at least 4 members (excludes halogenated alkanes) is 20. The molecule has 0 spiro atoms. The van der Waals surface area contributed by atoms with Crippen molar-refractivity contribution in [2.45, 2.75) is 226 Å². The molecule has 0 aromatic carbocycles. The summed E-state index contributed by atoms with van der Waals surface area (Å²) in [7, 11) is 0. The Morgan fingerprint density at radius 3 is 1.22 bits per heavy atom. The van der Waals surface area contributed by atoms with E-state index in [2.05, 4.69) is 93.7 Å². The molecule has 0 aliphatic carbocycles. The first kappa shape index (κ1) is 54.9. The summed E-state index contributed by atoms with van der Waals surface area (Å²) in [6.07, 6.45) is 57.3. The molecule has 0 saturated heterocycles. The normalized spacial score (nSPS) is 12.7. The van der Waals surface area contributed by atoms with Crippen LogP contribution in [0.2, 0.25) is 0 Å². The molecule has 0 aliphatic rings. The summed E-state index contributed by atoms with van der Waals surface area (Å²) in [4.78, 5) is 37.8. The summed E-state index contributed by atoms with van der Waals surface area (Å²) >= 11 is 0. The zero-order chi connectivity index (χ0) is 42.3. The fourth-order valence-electron chi connectivity index (χ4n) is 6.31. The molecule has 0 saturated carbocycles. The first-order chi connectivity index (χ1) is 28.5. The smallest absolute Gasteiger partial charge is 0.306 e. The lowest BCUT2D eigenvalue weighted by Gasteiger charge is -2.18. The minimum Gasteiger partial charge on any atom is -0.462 e. The molecule has 0 radical (unpaired) electrons. The lowest BCUT2D eigenvalue weighted by atomic mass is 10.1. The van der Waals surface area contributed by atoms with Crippen LogP contribution >= 0.6 is 0 Å². The molecule has 0 aliphatic heterocycles. The molecular formula is C52H88O6. The van der Waals surface area contributed by atoms with Crippen LogP contribution in [-0.2, 0) is 28.6 Å². The first-order valence-corrected chi connectivity index (χ1v) is 24.0. The predicted molar refractivity (Wildman–Crippen MR) is 247 cm³/mol. The second kappa shape index (κ2) is 46.5. The third-order valence-corrected chi connectivity index (χ3v) is 9.94. The van der Waals surface area contributed by atoms with Gasteiger partial charge in [0.05, 0.1) is 0 Å². The Bertz CT molecular complexity index is 1110. The second-order valence-corrected chi connectivity index (χ2v) is 15.7. The highest BCUT2D eigenvalue weighted by molar-refractivity contribution is 5.71. The van der Waals surface area contributed by atoms with E-state index in [-0.39, 0.29) is 31.1 Å². The SMILES string of the molecule is CC/C=C\C/C=C\C/C=C\CCCCCCC(=O)OC(COC(=O)CCCCCCC/C=C\CCCC)COC(=O)CCCCCCCC/C=C\C=C/CCCCC. The number of allylic oxidation sites excluding steroid dienone is 12. The van der Waals surface area contributed by atoms with Crippen LogP contribution in [-0.4, -0.2) is 37.2 Å². The van der Waals surface area contributed by atoms with Crippen molar-refractivity contribution in [3.05, 3.63) is 72.9 Å². The van der Waals surface area contributed by atoms with Crippen molar-refractivity contribution in [3.8, 4) is 0 Å². The third-order valence-electron chi connectivity index (χ3n) is 9.94. The molecule has 332 valence electrons. The Hall–Kier alpha value is -3.15. The van der Waals surface area contributed by atoms with Crippen LogP contribution in [0.25, 0.3) is 0 Å². The number of carbonyl (C=O) groups is 3. The highest BCUT2D eigenvalue weighted by Gasteiger charge is 2.19. The van der Waals surface area contributed by atoms with E-state index in [1.54, 1.807) is 0 Å². The van der Waals surface area contributed by atoms with Gasteiger partial charge in [-0.05, 0) is 96.3 Å². The van der Waals surface area contributed by atoms with Gasteiger partial charge in [0.1, 0.15) is 13.2 Å². The zero-order valence-electron chi connectivity index (χ0n) is 37.8. The summed E-state index contributed by atoms with van der Waals surface area (Å²) in [6.45, 7) is 6.41. The van der Waals surface area contributed by atoms with Crippen molar-refractivity contribution in [2.75, 3.05) is 13.2 Å². The molecule has 0 aromatic heterocycles. The maximum atomic E-state index is 12.7. The molecule has 0 N–H and O–H groups in total. The molecule has 0 fully saturated rings. The van der Waals surface area contributed by atoms with E-state index in [0.29, 0.717) is 19.3 Å². The van der Waals surface area contributed by atoms with E-state index in [9.17, 15) is 14.4 Å². The van der Waals surface area contributed by atoms with Gasteiger partial charge in [0.2, 0.25) is 0 Å². The van der Waals surface area contributed by atoms with Gasteiger partial charge in [-0.15, -0.1) is 0 Å². The highest BCUT2D eigenvalue weighted by Crippen LogP contribution is 2.13. The van der Waals surface area contributed by atoms with E-state index >= 15 is 0 Å². The van der Waals surface area contributed by atoms with E-state index < -0.39 is 6.10 Å². The second-order valence-electron chi connectivity index (χ2n) is 15.7. The van der Waals surface area contributed by atoms with Gasteiger partial charge in [0, 0.05) is 19.3 Å².